The molecular weight excluding hydrogens is 736 g/mol. The Kier molecular flexibility index (Phi) is 11.3. The number of nitrogens with zero attached hydrogens (tertiary/aromatic N) is 5. The minimum Gasteiger partial charge on any atom is -0.468 e. The van der Waals surface area contributed by atoms with E-state index in [0.29, 0.717) is 62.9 Å². The van der Waals surface area contributed by atoms with Gasteiger partial charge in [0.15, 0.2) is 12.6 Å². The van der Waals surface area contributed by atoms with Crippen LogP contribution in [0.3, 0.4) is 0 Å². The van der Waals surface area contributed by atoms with Crippen LogP contribution < -0.4 is 14.4 Å². The predicted molar refractivity (Wildman–Crippen MR) is 217 cm³/mol. The number of pyridine rings is 1. The summed E-state index contributed by atoms with van der Waals surface area (Å²) in [4.78, 5) is 18.2. The molecule has 0 spiro atoms. The van der Waals surface area contributed by atoms with Crippen molar-refractivity contribution in [3.05, 3.63) is 47.7 Å². The molecule has 4 aromatic rings. The number of hydrogen-bond acceptors (Lipinski definition) is 9. The maximum absolute atomic E-state index is 17.4. The monoisotopic (exact) mass is 789 g/mol. The van der Waals surface area contributed by atoms with Gasteiger partial charge >= 0.3 is 6.01 Å². The zero-order chi connectivity index (χ0) is 40.1. The third kappa shape index (κ3) is 7.12. The fourth-order valence-corrected chi connectivity index (χ4v) is 14.8. The van der Waals surface area contributed by atoms with Gasteiger partial charge in [-0.05, 0) is 66.0 Å². The summed E-state index contributed by atoms with van der Waals surface area (Å²) in [5.41, 5.74) is 4.75. The first-order valence-electron chi connectivity index (χ1n) is 19.8. The Labute approximate surface area is 329 Å². The van der Waals surface area contributed by atoms with Crippen molar-refractivity contribution in [1.29, 1.82) is 0 Å². The maximum atomic E-state index is 17.4. The lowest BCUT2D eigenvalue weighted by Gasteiger charge is -2.38. The van der Waals surface area contributed by atoms with E-state index in [-0.39, 0.29) is 41.2 Å². The Morgan fingerprint density at radius 2 is 1.77 bits per heavy atom. The smallest absolute Gasteiger partial charge is 0.319 e. The number of halogens is 3. The van der Waals surface area contributed by atoms with Gasteiger partial charge in [-0.1, -0.05) is 53.5 Å². The number of anilines is 1. The summed E-state index contributed by atoms with van der Waals surface area (Å²) in [7, 11) is 2.69. The number of ether oxygens (including phenoxy) is 4. The van der Waals surface area contributed by atoms with Gasteiger partial charge in [-0.2, -0.15) is 9.97 Å². The molecule has 300 valence electrons. The lowest BCUT2D eigenvalue weighted by atomic mass is 9.94. The molecule has 4 atom stereocenters. The molecule has 2 aromatic heterocycles. The van der Waals surface area contributed by atoms with E-state index in [4.69, 9.17) is 23.9 Å². The van der Waals surface area contributed by atoms with E-state index >= 15 is 8.78 Å². The average Bonchev–Trinajstić information content (AvgIpc) is 3.61. The van der Waals surface area contributed by atoms with E-state index < -0.39 is 31.9 Å². The summed E-state index contributed by atoms with van der Waals surface area (Å²) in [6.45, 7) is 15.2. The molecule has 1 aliphatic carbocycles. The van der Waals surface area contributed by atoms with E-state index in [9.17, 15) is 4.39 Å². The van der Waals surface area contributed by atoms with E-state index in [1.807, 2.05) is 0 Å². The average molecular weight is 790 g/mol. The van der Waals surface area contributed by atoms with E-state index in [1.165, 1.54) is 19.4 Å². The molecule has 1 saturated carbocycles. The van der Waals surface area contributed by atoms with Crippen LogP contribution in [0.15, 0.2) is 30.5 Å². The van der Waals surface area contributed by atoms with Crippen molar-refractivity contribution in [3.63, 3.8) is 0 Å². The van der Waals surface area contributed by atoms with Gasteiger partial charge in [-0.3, -0.25) is 9.88 Å². The van der Waals surface area contributed by atoms with Crippen molar-refractivity contribution < 1.29 is 32.1 Å². The second-order valence-corrected chi connectivity index (χ2v) is 22.3. The SMILES string of the molecule is COCOc1cc(-c2ncc3c(N(C)[C@H]4C[C@@H]4F)nc(OC[C@@]45CCCN4C[C@H](OC)C5)nc3c2F)c2c(C#C[Si](C(C)C)(C(C)C)C(C)C)c(F)ccc2c1. The maximum Gasteiger partial charge on any atom is 0.319 e. The Morgan fingerprint density at radius 1 is 1.04 bits per heavy atom. The Bertz CT molecular complexity index is 2160. The van der Waals surface area contributed by atoms with Gasteiger partial charge in [0.2, 0.25) is 0 Å². The van der Waals surface area contributed by atoms with Crippen LogP contribution in [-0.4, -0.2) is 99.5 Å². The lowest BCUT2D eigenvalue weighted by Crippen LogP contribution is -2.43. The highest BCUT2D eigenvalue weighted by molar-refractivity contribution is 6.90. The number of hydrogen-bond donors (Lipinski definition) is 0. The molecule has 3 aliphatic rings. The minimum absolute atomic E-state index is 0.00876. The topological polar surface area (TPSA) is 82.1 Å². The molecule has 2 aromatic carbocycles. The Hall–Kier alpha value is -3.96. The zero-order valence-corrected chi connectivity index (χ0v) is 35.0. The minimum atomic E-state index is -2.29. The fourth-order valence-electron chi connectivity index (χ4n) is 9.61. The molecule has 9 nitrogen and oxygen atoms in total. The van der Waals surface area contributed by atoms with Gasteiger partial charge in [0.1, 0.15) is 49.4 Å². The van der Waals surface area contributed by atoms with E-state index in [2.05, 4.69) is 67.9 Å². The van der Waals surface area contributed by atoms with Crippen molar-refractivity contribution in [2.24, 2.45) is 0 Å². The summed E-state index contributed by atoms with van der Waals surface area (Å²) in [6.07, 6.45) is 3.70. The van der Waals surface area contributed by atoms with Gasteiger partial charge in [-0.25, -0.2) is 13.2 Å². The van der Waals surface area contributed by atoms with Crippen LogP contribution in [0.1, 0.15) is 72.8 Å². The quantitative estimate of drug-likeness (QED) is 0.0750. The van der Waals surface area contributed by atoms with E-state index in [0.717, 1.165) is 32.4 Å². The van der Waals surface area contributed by atoms with E-state index in [1.54, 1.807) is 37.3 Å². The molecule has 7 rings (SSSR count). The second-order valence-electron chi connectivity index (χ2n) is 16.8. The van der Waals surface area contributed by atoms with Crippen LogP contribution in [0.5, 0.6) is 11.8 Å². The molecule has 2 aliphatic heterocycles. The highest BCUT2D eigenvalue weighted by Gasteiger charge is 2.49. The van der Waals surface area contributed by atoms with Gasteiger partial charge in [0.05, 0.1) is 28.6 Å². The highest BCUT2D eigenvalue weighted by Crippen LogP contribution is 2.44. The standard InChI is InChI=1S/C43H54F3N5O4Si/c1-25(2)56(26(3)4,27(5)6)16-13-31-34(44)12-11-28-17-29(55-24-52-8)18-32(37(28)31)39-38(46)40-33(21-47-39)41(50(7)36-19-35(36)45)49-42(48-40)54-23-43-14-10-15-51(43)22-30(20-43)53-9/h11-12,17-18,21,25-27,30,35-36H,10,14-15,19-20,22-24H2,1-9H3/t30-,35+,36+,43+/m1/s1. The summed E-state index contributed by atoms with van der Waals surface area (Å²) >= 11 is 0. The lowest BCUT2D eigenvalue weighted by molar-refractivity contribution is 0.0512. The molecule has 2 saturated heterocycles. The summed E-state index contributed by atoms with van der Waals surface area (Å²) in [5.74, 6) is 2.77. The molecular formula is C43H54F3N5O4Si. The van der Waals surface area contributed by atoms with Crippen LogP contribution in [0.4, 0.5) is 19.0 Å². The first-order valence-corrected chi connectivity index (χ1v) is 22.0. The zero-order valence-electron chi connectivity index (χ0n) is 34.0. The van der Waals surface area contributed by atoms with Crippen LogP contribution in [0.2, 0.25) is 16.6 Å². The number of benzene rings is 2. The van der Waals surface area contributed by atoms with Crippen LogP contribution in [-0.2, 0) is 9.47 Å². The van der Waals surface area contributed by atoms with Gasteiger partial charge in [0, 0.05) is 51.4 Å². The third-order valence-electron chi connectivity index (χ3n) is 12.6. The third-order valence-corrected chi connectivity index (χ3v) is 18.9. The molecule has 3 fully saturated rings. The van der Waals surface area contributed by atoms with Crippen LogP contribution in [0, 0.1) is 23.1 Å². The van der Waals surface area contributed by atoms with Gasteiger partial charge in [-0.15, -0.1) is 5.54 Å². The molecule has 0 unspecified atom stereocenters. The predicted octanol–water partition coefficient (Wildman–Crippen LogP) is 8.85. The molecule has 0 amide bonds. The number of alkyl halides is 1. The normalized spacial score (nSPS) is 22.3. The van der Waals surface area contributed by atoms with Gasteiger partial charge < -0.3 is 23.8 Å². The Balaban J connectivity index is 1.41. The molecule has 13 heteroatoms. The fraction of sp³-hybridized carbons (Fsp3) is 0.558. The molecule has 0 bridgehead atoms. The van der Waals surface area contributed by atoms with Gasteiger partial charge in [0.25, 0.3) is 0 Å². The molecule has 0 N–H and O–H groups in total. The largest absolute Gasteiger partial charge is 0.468 e. The number of aromatic nitrogens is 3. The molecule has 0 radical (unpaired) electrons. The summed E-state index contributed by atoms with van der Waals surface area (Å²) in [5, 5.41) is 1.33. The number of fused-ring (bicyclic) bond motifs is 3. The van der Waals surface area contributed by atoms with Crippen molar-refractivity contribution in [2.45, 2.75) is 108 Å². The van der Waals surface area contributed by atoms with Crippen molar-refractivity contribution >= 4 is 35.6 Å². The number of rotatable bonds is 13. The summed E-state index contributed by atoms with van der Waals surface area (Å²) < 4.78 is 71.3. The first kappa shape index (κ1) is 40.2. The second kappa shape index (κ2) is 15.8. The summed E-state index contributed by atoms with van der Waals surface area (Å²) in [6, 6.07) is 6.03. The van der Waals surface area contributed by atoms with Crippen LogP contribution in [0.25, 0.3) is 32.9 Å². The molecule has 56 heavy (non-hydrogen) atoms. The highest BCUT2D eigenvalue weighted by atomic mass is 28.3. The van der Waals surface area contributed by atoms with Crippen LogP contribution >= 0.6 is 0 Å². The van der Waals surface area contributed by atoms with Crippen molar-refractivity contribution in [3.8, 4) is 34.5 Å². The number of methoxy groups -OCH3 is 2. The molecule has 4 heterocycles. The van der Waals surface area contributed by atoms with Crippen molar-refractivity contribution in [2.75, 3.05) is 52.7 Å². The first-order chi connectivity index (χ1) is 26.7. The Morgan fingerprint density at radius 3 is 2.43 bits per heavy atom. The van der Waals surface area contributed by atoms with Crippen molar-refractivity contribution in [1.82, 2.24) is 19.9 Å².